The molecule has 0 saturated heterocycles. The summed E-state index contributed by atoms with van der Waals surface area (Å²) in [4.78, 5) is 0.400. The van der Waals surface area contributed by atoms with E-state index in [1.807, 2.05) is 19.1 Å². The minimum atomic E-state index is -3.42. The first kappa shape index (κ1) is 16.5. The van der Waals surface area contributed by atoms with E-state index >= 15 is 0 Å². The van der Waals surface area contributed by atoms with Gasteiger partial charge in [-0.25, -0.2) is 13.1 Å². The smallest absolute Gasteiger partial charge is 0.240 e. The van der Waals surface area contributed by atoms with Crippen molar-refractivity contribution < 1.29 is 8.42 Å². The van der Waals surface area contributed by atoms with Crippen molar-refractivity contribution >= 4 is 10.0 Å². The highest BCUT2D eigenvalue weighted by molar-refractivity contribution is 7.89. The van der Waals surface area contributed by atoms with E-state index in [1.165, 1.54) is 6.42 Å². The van der Waals surface area contributed by atoms with Crippen molar-refractivity contribution in [2.24, 2.45) is 11.8 Å². The summed E-state index contributed by atoms with van der Waals surface area (Å²) < 4.78 is 27.8. The molecule has 4 nitrogen and oxygen atoms in total. The molecule has 2 N–H and O–H groups in total. The molecule has 2 rings (SSSR count). The van der Waals surface area contributed by atoms with Crippen LogP contribution in [-0.4, -0.2) is 21.5 Å². The fourth-order valence-electron chi connectivity index (χ4n) is 2.99. The van der Waals surface area contributed by atoms with Gasteiger partial charge in [0.1, 0.15) is 0 Å². The Morgan fingerprint density at radius 2 is 2.00 bits per heavy atom. The average molecular weight is 310 g/mol. The second-order valence-corrected chi connectivity index (χ2v) is 7.76. The van der Waals surface area contributed by atoms with Gasteiger partial charge in [-0.15, -0.1) is 0 Å². The van der Waals surface area contributed by atoms with E-state index in [9.17, 15) is 8.42 Å². The Morgan fingerprint density at radius 1 is 1.24 bits per heavy atom. The summed E-state index contributed by atoms with van der Waals surface area (Å²) in [6.45, 7) is 6.20. The monoisotopic (exact) mass is 310 g/mol. The highest BCUT2D eigenvalue weighted by Crippen LogP contribution is 2.30. The lowest BCUT2D eigenvalue weighted by molar-refractivity contribution is 0.498. The Bertz CT molecular complexity index is 557. The SMILES string of the molecule is CCNCc1ccccc1S(=O)(=O)NCC1CCC(C)C1. The van der Waals surface area contributed by atoms with E-state index in [0.29, 0.717) is 23.9 Å². The molecule has 0 amide bonds. The molecule has 21 heavy (non-hydrogen) atoms. The second-order valence-electron chi connectivity index (χ2n) is 6.02. The van der Waals surface area contributed by atoms with E-state index < -0.39 is 10.0 Å². The zero-order chi connectivity index (χ0) is 15.3. The number of hydrogen-bond acceptors (Lipinski definition) is 3. The topological polar surface area (TPSA) is 58.2 Å². The van der Waals surface area contributed by atoms with Gasteiger partial charge in [-0.05, 0) is 42.9 Å². The molecule has 118 valence electrons. The fourth-order valence-corrected chi connectivity index (χ4v) is 4.34. The minimum absolute atomic E-state index is 0.400. The molecule has 0 heterocycles. The Labute approximate surface area is 128 Å². The maximum Gasteiger partial charge on any atom is 0.240 e. The van der Waals surface area contributed by atoms with Crippen LogP contribution in [0.4, 0.5) is 0 Å². The molecule has 0 bridgehead atoms. The summed E-state index contributed by atoms with van der Waals surface area (Å²) in [5.74, 6) is 1.20. The molecule has 0 radical (unpaired) electrons. The van der Waals surface area contributed by atoms with Gasteiger partial charge in [0.2, 0.25) is 10.0 Å². The van der Waals surface area contributed by atoms with Gasteiger partial charge in [0.25, 0.3) is 0 Å². The lowest BCUT2D eigenvalue weighted by Crippen LogP contribution is -2.30. The van der Waals surface area contributed by atoms with E-state index in [4.69, 9.17) is 0 Å². The van der Waals surface area contributed by atoms with Crippen LogP contribution in [0.25, 0.3) is 0 Å². The van der Waals surface area contributed by atoms with Gasteiger partial charge >= 0.3 is 0 Å². The molecular weight excluding hydrogens is 284 g/mol. The molecular formula is C16H26N2O2S. The van der Waals surface area contributed by atoms with E-state index in [2.05, 4.69) is 17.0 Å². The molecule has 1 aliphatic rings. The summed E-state index contributed by atoms with van der Waals surface area (Å²) in [6, 6.07) is 7.22. The van der Waals surface area contributed by atoms with Gasteiger partial charge in [-0.1, -0.05) is 38.5 Å². The number of rotatable bonds is 7. The predicted octanol–water partition coefficient (Wildman–Crippen LogP) is 2.51. The molecule has 2 atom stereocenters. The van der Waals surface area contributed by atoms with Crippen molar-refractivity contribution in [1.29, 1.82) is 0 Å². The molecule has 1 fully saturated rings. The van der Waals surface area contributed by atoms with Crippen LogP contribution in [0.5, 0.6) is 0 Å². The van der Waals surface area contributed by atoms with Gasteiger partial charge < -0.3 is 5.32 Å². The lowest BCUT2D eigenvalue weighted by Gasteiger charge is -2.14. The normalized spacial score (nSPS) is 22.6. The zero-order valence-electron chi connectivity index (χ0n) is 12.9. The summed E-state index contributed by atoms with van der Waals surface area (Å²) in [5, 5.41) is 3.19. The number of nitrogens with one attached hydrogen (secondary N) is 2. The first-order valence-electron chi connectivity index (χ1n) is 7.81. The van der Waals surface area contributed by atoms with Crippen LogP contribution in [0, 0.1) is 11.8 Å². The zero-order valence-corrected chi connectivity index (χ0v) is 13.7. The van der Waals surface area contributed by atoms with Gasteiger partial charge in [0, 0.05) is 13.1 Å². The third-order valence-electron chi connectivity index (χ3n) is 4.19. The average Bonchev–Trinajstić information content (AvgIpc) is 2.89. The second kappa shape index (κ2) is 7.38. The molecule has 1 aromatic carbocycles. The van der Waals surface area contributed by atoms with Crippen LogP contribution in [0.2, 0.25) is 0 Å². The highest BCUT2D eigenvalue weighted by Gasteiger charge is 2.24. The van der Waals surface area contributed by atoms with E-state index in [0.717, 1.165) is 30.9 Å². The quantitative estimate of drug-likeness (QED) is 0.813. The number of benzene rings is 1. The van der Waals surface area contributed by atoms with Gasteiger partial charge in [0.15, 0.2) is 0 Å². The van der Waals surface area contributed by atoms with Crippen LogP contribution in [-0.2, 0) is 16.6 Å². The molecule has 0 spiro atoms. The molecule has 1 aliphatic carbocycles. The molecule has 0 aromatic heterocycles. The predicted molar refractivity (Wildman–Crippen MR) is 85.5 cm³/mol. The molecule has 5 heteroatoms. The van der Waals surface area contributed by atoms with Crippen LogP contribution in [0.15, 0.2) is 29.2 Å². The van der Waals surface area contributed by atoms with Crippen LogP contribution < -0.4 is 10.0 Å². The fraction of sp³-hybridized carbons (Fsp3) is 0.625. The van der Waals surface area contributed by atoms with E-state index in [1.54, 1.807) is 12.1 Å². The van der Waals surface area contributed by atoms with Crippen molar-refractivity contribution in [1.82, 2.24) is 10.0 Å². The molecule has 1 aromatic rings. The maximum atomic E-state index is 12.5. The van der Waals surface area contributed by atoms with Crippen molar-refractivity contribution in [2.75, 3.05) is 13.1 Å². The number of hydrogen-bond donors (Lipinski definition) is 2. The maximum absolute atomic E-state index is 12.5. The van der Waals surface area contributed by atoms with Crippen molar-refractivity contribution in [2.45, 2.75) is 44.6 Å². The standard InChI is InChI=1S/C16H26N2O2S/c1-3-17-12-15-6-4-5-7-16(15)21(19,20)18-11-14-9-8-13(2)10-14/h4-7,13-14,17-18H,3,8-12H2,1-2H3. The first-order valence-corrected chi connectivity index (χ1v) is 9.29. The summed E-state index contributed by atoms with van der Waals surface area (Å²) in [6.07, 6.45) is 3.47. The third-order valence-corrected chi connectivity index (χ3v) is 5.72. The Morgan fingerprint density at radius 3 is 2.67 bits per heavy atom. The minimum Gasteiger partial charge on any atom is -0.313 e. The first-order chi connectivity index (χ1) is 10.0. The molecule has 0 aliphatic heterocycles. The molecule has 1 saturated carbocycles. The third kappa shape index (κ3) is 4.53. The summed E-state index contributed by atoms with van der Waals surface area (Å²) in [5.41, 5.74) is 0.826. The van der Waals surface area contributed by atoms with Crippen LogP contribution >= 0.6 is 0 Å². The Balaban J connectivity index is 2.05. The van der Waals surface area contributed by atoms with Gasteiger partial charge in [-0.3, -0.25) is 0 Å². The van der Waals surface area contributed by atoms with Crippen LogP contribution in [0.3, 0.4) is 0 Å². The number of sulfonamides is 1. The van der Waals surface area contributed by atoms with E-state index in [-0.39, 0.29) is 0 Å². The van der Waals surface area contributed by atoms with Crippen molar-refractivity contribution in [3.8, 4) is 0 Å². The Hall–Kier alpha value is -0.910. The van der Waals surface area contributed by atoms with Gasteiger partial charge in [0.05, 0.1) is 4.90 Å². The lowest BCUT2D eigenvalue weighted by atomic mass is 10.1. The van der Waals surface area contributed by atoms with Crippen LogP contribution in [0.1, 0.15) is 38.7 Å². The molecule has 2 unspecified atom stereocenters. The van der Waals surface area contributed by atoms with Gasteiger partial charge in [-0.2, -0.15) is 0 Å². The highest BCUT2D eigenvalue weighted by atomic mass is 32.2. The Kier molecular flexibility index (Phi) is 5.79. The van der Waals surface area contributed by atoms with Crippen molar-refractivity contribution in [3.05, 3.63) is 29.8 Å². The van der Waals surface area contributed by atoms with Crippen molar-refractivity contribution in [3.63, 3.8) is 0 Å². The summed E-state index contributed by atoms with van der Waals surface area (Å²) in [7, 11) is -3.42. The summed E-state index contributed by atoms with van der Waals surface area (Å²) >= 11 is 0. The largest absolute Gasteiger partial charge is 0.313 e.